The van der Waals surface area contributed by atoms with Gasteiger partial charge in [-0.1, -0.05) is 6.42 Å². The molecule has 3 N–H and O–H groups in total. The zero-order chi connectivity index (χ0) is 11.5. The minimum absolute atomic E-state index is 0.707. The number of nitrogens with two attached hydrogens (primary N) is 1. The normalized spacial score (nSPS) is 35.6. The van der Waals surface area contributed by atoms with Crippen molar-refractivity contribution in [1.82, 2.24) is 10.2 Å². The van der Waals surface area contributed by atoms with E-state index in [1.807, 2.05) is 0 Å². The van der Waals surface area contributed by atoms with Crippen molar-refractivity contribution in [3.05, 3.63) is 0 Å². The molecule has 2 aliphatic rings. The lowest BCUT2D eigenvalue weighted by Gasteiger charge is -2.49. The summed E-state index contributed by atoms with van der Waals surface area (Å²) in [5.74, 6) is 1.72. The highest BCUT2D eigenvalue weighted by molar-refractivity contribution is 4.95. The Morgan fingerprint density at radius 1 is 1.25 bits per heavy atom. The topological polar surface area (TPSA) is 41.3 Å². The fraction of sp³-hybridized carbons (Fsp3) is 1.00. The molecular formula is C13H27N3. The largest absolute Gasteiger partial charge is 0.329 e. The number of fused-ring (bicyclic) bond motifs is 2. The lowest BCUT2D eigenvalue weighted by molar-refractivity contribution is 0.0302. The summed E-state index contributed by atoms with van der Waals surface area (Å²) in [6, 6.07) is 1.45. The van der Waals surface area contributed by atoms with Crippen LogP contribution in [0.25, 0.3) is 0 Å². The van der Waals surface area contributed by atoms with Crippen LogP contribution in [-0.4, -0.2) is 43.2 Å². The Morgan fingerprint density at radius 3 is 2.38 bits per heavy atom. The first kappa shape index (κ1) is 12.3. The van der Waals surface area contributed by atoms with Crippen LogP contribution in [0.2, 0.25) is 0 Å². The quantitative estimate of drug-likeness (QED) is 0.751. The Labute approximate surface area is 99.8 Å². The minimum Gasteiger partial charge on any atom is -0.329 e. The summed E-state index contributed by atoms with van der Waals surface area (Å²) in [6.07, 6.45) is 4.24. The molecule has 0 spiro atoms. The van der Waals surface area contributed by atoms with Crippen LogP contribution in [0, 0.1) is 11.8 Å². The van der Waals surface area contributed by atoms with Gasteiger partial charge in [0.25, 0.3) is 0 Å². The summed E-state index contributed by atoms with van der Waals surface area (Å²) in [5.41, 5.74) is 5.60. The molecule has 2 rings (SSSR count). The van der Waals surface area contributed by atoms with E-state index in [-0.39, 0.29) is 0 Å². The van der Waals surface area contributed by atoms with Crippen LogP contribution >= 0.6 is 0 Å². The number of piperidine rings is 1. The van der Waals surface area contributed by atoms with Gasteiger partial charge in [0.1, 0.15) is 0 Å². The molecule has 0 amide bonds. The highest BCUT2D eigenvalue weighted by atomic mass is 15.2. The van der Waals surface area contributed by atoms with Crippen LogP contribution in [0.15, 0.2) is 0 Å². The van der Waals surface area contributed by atoms with Crippen LogP contribution in [0.3, 0.4) is 0 Å². The zero-order valence-corrected chi connectivity index (χ0v) is 10.8. The second-order valence-electron chi connectivity index (χ2n) is 5.77. The summed E-state index contributed by atoms with van der Waals surface area (Å²) in [4.78, 5) is 2.66. The molecule has 3 nitrogen and oxygen atoms in total. The van der Waals surface area contributed by atoms with Crippen molar-refractivity contribution in [3.8, 4) is 0 Å². The molecule has 3 heteroatoms. The Morgan fingerprint density at radius 2 is 1.88 bits per heavy atom. The van der Waals surface area contributed by atoms with Gasteiger partial charge in [0.15, 0.2) is 0 Å². The summed E-state index contributed by atoms with van der Waals surface area (Å²) in [5, 5.41) is 3.68. The molecular weight excluding hydrogens is 198 g/mol. The third-order valence-electron chi connectivity index (χ3n) is 4.36. The zero-order valence-electron chi connectivity index (χ0n) is 10.8. The van der Waals surface area contributed by atoms with E-state index in [1.165, 1.54) is 32.4 Å². The third-order valence-corrected chi connectivity index (χ3v) is 4.36. The van der Waals surface area contributed by atoms with Crippen LogP contribution in [-0.2, 0) is 0 Å². The summed E-state index contributed by atoms with van der Waals surface area (Å²) >= 11 is 0. The first-order chi connectivity index (χ1) is 7.72. The van der Waals surface area contributed by atoms with Gasteiger partial charge in [-0.2, -0.15) is 0 Å². The first-order valence-corrected chi connectivity index (χ1v) is 6.90. The van der Waals surface area contributed by atoms with Gasteiger partial charge in [-0.25, -0.2) is 0 Å². The maximum atomic E-state index is 5.60. The van der Waals surface area contributed by atoms with E-state index in [2.05, 4.69) is 24.1 Å². The predicted octanol–water partition coefficient (Wildman–Crippen LogP) is 1.04. The monoisotopic (exact) mass is 225 g/mol. The smallest absolute Gasteiger partial charge is 0.0148 e. The standard InChI is InChI=1S/C13H27N3/c1-10(2)16-8-11-4-3-5-12(9-16)13(11)15-7-6-14/h10-13,15H,3-9,14H2,1-2H3. The molecule has 0 aromatic carbocycles. The summed E-state index contributed by atoms with van der Waals surface area (Å²) in [6.45, 7) is 8.97. The van der Waals surface area contributed by atoms with Gasteiger partial charge in [0.05, 0.1) is 0 Å². The predicted molar refractivity (Wildman–Crippen MR) is 68.4 cm³/mol. The van der Waals surface area contributed by atoms with E-state index in [0.29, 0.717) is 6.04 Å². The van der Waals surface area contributed by atoms with E-state index in [0.717, 1.165) is 31.0 Å². The van der Waals surface area contributed by atoms with Crippen molar-refractivity contribution < 1.29 is 0 Å². The average Bonchev–Trinajstić information content (AvgIpc) is 2.24. The van der Waals surface area contributed by atoms with Gasteiger partial charge in [0, 0.05) is 38.3 Å². The molecule has 0 aromatic heterocycles. The fourth-order valence-corrected chi connectivity index (χ4v) is 3.48. The van der Waals surface area contributed by atoms with E-state index in [1.54, 1.807) is 0 Å². The first-order valence-electron chi connectivity index (χ1n) is 6.90. The van der Waals surface area contributed by atoms with Crippen molar-refractivity contribution in [1.29, 1.82) is 0 Å². The maximum absolute atomic E-state index is 5.60. The van der Waals surface area contributed by atoms with Gasteiger partial charge in [-0.05, 0) is 38.5 Å². The maximum Gasteiger partial charge on any atom is 0.0148 e. The van der Waals surface area contributed by atoms with E-state index in [9.17, 15) is 0 Å². The van der Waals surface area contributed by atoms with Gasteiger partial charge in [0.2, 0.25) is 0 Å². The van der Waals surface area contributed by atoms with Gasteiger partial charge in [-0.15, -0.1) is 0 Å². The molecule has 16 heavy (non-hydrogen) atoms. The summed E-state index contributed by atoms with van der Waals surface area (Å²) in [7, 11) is 0. The molecule has 1 saturated carbocycles. The number of nitrogens with one attached hydrogen (secondary N) is 1. The van der Waals surface area contributed by atoms with Crippen molar-refractivity contribution >= 4 is 0 Å². The van der Waals surface area contributed by atoms with Gasteiger partial charge >= 0.3 is 0 Å². The third kappa shape index (κ3) is 2.58. The van der Waals surface area contributed by atoms with Crippen LogP contribution in [0.1, 0.15) is 33.1 Å². The fourth-order valence-electron chi connectivity index (χ4n) is 3.48. The second-order valence-corrected chi connectivity index (χ2v) is 5.77. The van der Waals surface area contributed by atoms with Gasteiger partial charge in [-0.3, -0.25) is 0 Å². The molecule has 2 unspecified atom stereocenters. The van der Waals surface area contributed by atoms with Crippen LogP contribution in [0.5, 0.6) is 0 Å². The minimum atomic E-state index is 0.707. The Hall–Kier alpha value is -0.120. The molecule has 2 bridgehead atoms. The molecule has 94 valence electrons. The van der Waals surface area contributed by atoms with E-state index < -0.39 is 0 Å². The van der Waals surface area contributed by atoms with Crippen LogP contribution in [0.4, 0.5) is 0 Å². The molecule has 0 radical (unpaired) electrons. The number of likely N-dealkylation sites (tertiary alicyclic amines) is 1. The number of hydrogen-bond donors (Lipinski definition) is 2. The SMILES string of the molecule is CC(C)N1CC2CCCC(C1)C2NCCN. The highest BCUT2D eigenvalue weighted by Crippen LogP contribution is 2.35. The molecule has 1 heterocycles. The molecule has 2 atom stereocenters. The molecule has 1 saturated heterocycles. The second kappa shape index (κ2) is 5.48. The summed E-state index contributed by atoms with van der Waals surface area (Å²) < 4.78 is 0. The van der Waals surface area contributed by atoms with E-state index in [4.69, 9.17) is 5.73 Å². The van der Waals surface area contributed by atoms with Gasteiger partial charge < -0.3 is 16.0 Å². The molecule has 1 aliphatic heterocycles. The Balaban J connectivity index is 1.96. The van der Waals surface area contributed by atoms with Crippen molar-refractivity contribution in [2.45, 2.75) is 45.2 Å². The highest BCUT2D eigenvalue weighted by Gasteiger charge is 2.39. The molecule has 1 aliphatic carbocycles. The number of rotatable bonds is 4. The Bertz CT molecular complexity index is 203. The molecule has 0 aromatic rings. The van der Waals surface area contributed by atoms with E-state index >= 15 is 0 Å². The number of nitrogens with zero attached hydrogens (tertiary/aromatic N) is 1. The number of hydrogen-bond acceptors (Lipinski definition) is 3. The molecule has 2 fully saturated rings. The average molecular weight is 225 g/mol. The lowest BCUT2D eigenvalue weighted by atomic mass is 9.73. The van der Waals surface area contributed by atoms with Crippen LogP contribution < -0.4 is 11.1 Å². The van der Waals surface area contributed by atoms with Crippen molar-refractivity contribution in [2.75, 3.05) is 26.2 Å². The lowest BCUT2D eigenvalue weighted by Crippen LogP contribution is -2.58. The van der Waals surface area contributed by atoms with Crippen molar-refractivity contribution in [2.24, 2.45) is 17.6 Å². The Kier molecular flexibility index (Phi) is 4.22. The van der Waals surface area contributed by atoms with Crippen molar-refractivity contribution in [3.63, 3.8) is 0 Å².